The Morgan fingerprint density at radius 3 is 2.88 bits per heavy atom. The molecule has 1 aromatic rings. The maximum atomic E-state index is 11.8. The molecule has 1 aliphatic carbocycles. The Morgan fingerprint density at radius 2 is 2.12 bits per heavy atom. The van der Waals surface area contributed by atoms with Crippen molar-refractivity contribution >= 4 is 5.78 Å². The zero-order chi connectivity index (χ0) is 11.4. The van der Waals surface area contributed by atoms with Gasteiger partial charge in [-0.2, -0.15) is 0 Å². The fourth-order valence-corrected chi connectivity index (χ4v) is 2.41. The van der Waals surface area contributed by atoms with Gasteiger partial charge in [-0.1, -0.05) is 24.6 Å². The molecular formula is C14H18O2. The molecular weight excluding hydrogens is 200 g/mol. The van der Waals surface area contributed by atoms with E-state index in [1.807, 2.05) is 18.2 Å². The van der Waals surface area contributed by atoms with Crippen LogP contribution in [-0.4, -0.2) is 12.9 Å². The quantitative estimate of drug-likeness (QED) is 0.779. The Hall–Kier alpha value is -1.31. The van der Waals surface area contributed by atoms with Gasteiger partial charge in [-0.3, -0.25) is 4.79 Å². The summed E-state index contributed by atoms with van der Waals surface area (Å²) in [5.41, 5.74) is 1.16. The second-order valence-electron chi connectivity index (χ2n) is 4.42. The first-order chi connectivity index (χ1) is 7.81. The van der Waals surface area contributed by atoms with Gasteiger partial charge in [0.1, 0.15) is 11.5 Å². The molecule has 1 aliphatic rings. The Morgan fingerprint density at radius 1 is 1.31 bits per heavy atom. The third kappa shape index (κ3) is 2.43. The predicted molar refractivity (Wildman–Crippen MR) is 63.7 cm³/mol. The number of methoxy groups -OCH3 is 1. The van der Waals surface area contributed by atoms with Crippen molar-refractivity contribution in [2.24, 2.45) is 5.92 Å². The smallest absolute Gasteiger partial charge is 0.136 e. The molecule has 0 aromatic heterocycles. The average molecular weight is 218 g/mol. The van der Waals surface area contributed by atoms with Gasteiger partial charge in [0.2, 0.25) is 0 Å². The van der Waals surface area contributed by atoms with Gasteiger partial charge in [0.05, 0.1) is 7.11 Å². The van der Waals surface area contributed by atoms with Crippen molar-refractivity contribution < 1.29 is 9.53 Å². The fraction of sp³-hybridized carbons (Fsp3) is 0.500. The van der Waals surface area contributed by atoms with Crippen LogP contribution in [0, 0.1) is 5.92 Å². The Bertz CT molecular complexity index is 371. The van der Waals surface area contributed by atoms with Crippen LogP contribution in [0.1, 0.15) is 31.2 Å². The van der Waals surface area contributed by atoms with E-state index < -0.39 is 0 Å². The summed E-state index contributed by atoms with van der Waals surface area (Å²) in [5, 5.41) is 0. The molecule has 1 aromatic carbocycles. The SMILES string of the molecule is COc1ccccc1C[C@H]1CCCCC1=O. The molecule has 1 fully saturated rings. The van der Waals surface area contributed by atoms with Crippen molar-refractivity contribution in [3.05, 3.63) is 29.8 Å². The third-order valence-electron chi connectivity index (χ3n) is 3.34. The van der Waals surface area contributed by atoms with Crippen LogP contribution in [0.15, 0.2) is 24.3 Å². The number of rotatable bonds is 3. The molecule has 0 radical (unpaired) electrons. The number of carbonyl (C=O) groups is 1. The number of hydrogen-bond acceptors (Lipinski definition) is 2. The topological polar surface area (TPSA) is 26.3 Å². The largest absolute Gasteiger partial charge is 0.496 e. The van der Waals surface area contributed by atoms with Crippen molar-refractivity contribution in [2.75, 3.05) is 7.11 Å². The van der Waals surface area contributed by atoms with Crippen LogP contribution in [0.5, 0.6) is 5.75 Å². The molecule has 0 amide bonds. The highest BCUT2D eigenvalue weighted by molar-refractivity contribution is 5.82. The van der Waals surface area contributed by atoms with Gasteiger partial charge in [0.15, 0.2) is 0 Å². The number of Topliss-reactive ketones (excluding diaryl/α,β-unsaturated/α-hetero) is 1. The molecule has 2 nitrogen and oxygen atoms in total. The van der Waals surface area contributed by atoms with Gasteiger partial charge >= 0.3 is 0 Å². The second-order valence-corrected chi connectivity index (χ2v) is 4.42. The van der Waals surface area contributed by atoms with Crippen LogP contribution in [0.25, 0.3) is 0 Å². The number of ketones is 1. The number of carbonyl (C=O) groups excluding carboxylic acids is 1. The Kier molecular flexibility index (Phi) is 3.60. The molecule has 0 heterocycles. The standard InChI is InChI=1S/C14H18O2/c1-16-14-9-5-3-7-12(14)10-11-6-2-4-8-13(11)15/h3,5,7,9,11H,2,4,6,8,10H2,1H3/t11-/m1/s1. The van der Waals surface area contributed by atoms with Crippen molar-refractivity contribution in [1.82, 2.24) is 0 Å². The number of hydrogen-bond donors (Lipinski definition) is 0. The first-order valence-electron chi connectivity index (χ1n) is 5.96. The summed E-state index contributed by atoms with van der Waals surface area (Å²) in [6.07, 6.45) is 4.90. The lowest BCUT2D eigenvalue weighted by Crippen LogP contribution is -2.21. The highest BCUT2D eigenvalue weighted by Gasteiger charge is 2.23. The lowest BCUT2D eigenvalue weighted by molar-refractivity contribution is -0.124. The van der Waals surface area contributed by atoms with Gasteiger partial charge in [-0.25, -0.2) is 0 Å². The summed E-state index contributed by atoms with van der Waals surface area (Å²) in [6, 6.07) is 7.99. The molecule has 16 heavy (non-hydrogen) atoms. The van der Waals surface area contributed by atoms with Gasteiger partial charge in [-0.15, -0.1) is 0 Å². The lowest BCUT2D eigenvalue weighted by Gasteiger charge is -2.21. The molecule has 2 rings (SSSR count). The first kappa shape index (κ1) is 11.2. The van der Waals surface area contributed by atoms with Crippen LogP contribution >= 0.6 is 0 Å². The molecule has 0 spiro atoms. The molecule has 86 valence electrons. The zero-order valence-corrected chi connectivity index (χ0v) is 9.74. The van der Waals surface area contributed by atoms with E-state index in [0.29, 0.717) is 5.78 Å². The molecule has 1 atom stereocenters. The number of ether oxygens (including phenoxy) is 1. The molecule has 0 unspecified atom stereocenters. The van der Waals surface area contributed by atoms with Crippen LogP contribution in [0.2, 0.25) is 0 Å². The molecule has 0 saturated heterocycles. The van der Waals surface area contributed by atoms with E-state index in [1.165, 1.54) is 6.42 Å². The Balaban J connectivity index is 2.10. The van der Waals surface area contributed by atoms with Crippen LogP contribution in [-0.2, 0) is 11.2 Å². The summed E-state index contributed by atoms with van der Waals surface area (Å²) >= 11 is 0. The van der Waals surface area contributed by atoms with E-state index >= 15 is 0 Å². The zero-order valence-electron chi connectivity index (χ0n) is 9.74. The Labute approximate surface area is 96.6 Å². The fourth-order valence-electron chi connectivity index (χ4n) is 2.41. The van der Waals surface area contributed by atoms with Crippen molar-refractivity contribution in [1.29, 1.82) is 0 Å². The van der Waals surface area contributed by atoms with Gasteiger partial charge in [-0.05, 0) is 30.9 Å². The van der Waals surface area contributed by atoms with Crippen molar-refractivity contribution in [3.8, 4) is 5.75 Å². The van der Waals surface area contributed by atoms with Crippen LogP contribution in [0.4, 0.5) is 0 Å². The first-order valence-corrected chi connectivity index (χ1v) is 5.96. The minimum absolute atomic E-state index is 0.213. The number of para-hydroxylation sites is 1. The maximum Gasteiger partial charge on any atom is 0.136 e. The van der Waals surface area contributed by atoms with Crippen LogP contribution < -0.4 is 4.74 Å². The normalized spacial score (nSPS) is 20.8. The van der Waals surface area contributed by atoms with E-state index in [2.05, 4.69) is 6.07 Å². The highest BCUT2D eigenvalue weighted by Crippen LogP contribution is 2.27. The van der Waals surface area contributed by atoms with E-state index in [4.69, 9.17) is 4.74 Å². The third-order valence-corrected chi connectivity index (χ3v) is 3.34. The maximum absolute atomic E-state index is 11.8. The summed E-state index contributed by atoms with van der Waals surface area (Å²) in [4.78, 5) is 11.8. The lowest BCUT2D eigenvalue weighted by atomic mass is 9.83. The van der Waals surface area contributed by atoms with Crippen molar-refractivity contribution in [2.45, 2.75) is 32.1 Å². The van der Waals surface area contributed by atoms with Crippen LogP contribution in [0.3, 0.4) is 0 Å². The highest BCUT2D eigenvalue weighted by atomic mass is 16.5. The van der Waals surface area contributed by atoms with E-state index in [1.54, 1.807) is 7.11 Å². The monoisotopic (exact) mass is 218 g/mol. The van der Waals surface area contributed by atoms with E-state index in [9.17, 15) is 4.79 Å². The summed E-state index contributed by atoms with van der Waals surface area (Å²) < 4.78 is 5.31. The van der Waals surface area contributed by atoms with E-state index in [-0.39, 0.29) is 5.92 Å². The molecule has 0 aliphatic heterocycles. The molecule has 2 heteroatoms. The van der Waals surface area contributed by atoms with Gasteiger partial charge in [0, 0.05) is 12.3 Å². The predicted octanol–water partition coefficient (Wildman–Crippen LogP) is 3.00. The summed E-state index contributed by atoms with van der Waals surface area (Å²) in [5.74, 6) is 1.54. The van der Waals surface area contributed by atoms with E-state index in [0.717, 1.165) is 37.0 Å². The minimum atomic E-state index is 0.213. The molecule has 0 N–H and O–H groups in total. The summed E-state index contributed by atoms with van der Waals surface area (Å²) in [7, 11) is 1.68. The summed E-state index contributed by atoms with van der Waals surface area (Å²) in [6.45, 7) is 0. The minimum Gasteiger partial charge on any atom is -0.496 e. The molecule has 0 bridgehead atoms. The average Bonchev–Trinajstić information content (AvgIpc) is 2.33. The van der Waals surface area contributed by atoms with Gasteiger partial charge < -0.3 is 4.74 Å². The van der Waals surface area contributed by atoms with Crippen molar-refractivity contribution in [3.63, 3.8) is 0 Å². The second kappa shape index (κ2) is 5.15. The number of benzene rings is 1. The molecule has 1 saturated carbocycles. The van der Waals surface area contributed by atoms with Gasteiger partial charge in [0.25, 0.3) is 0 Å².